The Morgan fingerprint density at radius 3 is 2.18 bits per heavy atom. The molecular weight excluding hydrogens is 422 g/mol. The molecule has 1 aromatic carbocycles. The molecule has 1 aromatic rings. The summed E-state index contributed by atoms with van der Waals surface area (Å²) < 4.78 is 0.202. The van der Waals surface area contributed by atoms with E-state index in [0.29, 0.717) is 17.7 Å². The van der Waals surface area contributed by atoms with Crippen molar-refractivity contribution in [1.82, 2.24) is 4.90 Å². The van der Waals surface area contributed by atoms with E-state index in [9.17, 15) is 14.9 Å². The van der Waals surface area contributed by atoms with Gasteiger partial charge >= 0.3 is 0 Å². The van der Waals surface area contributed by atoms with E-state index in [1.807, 2.05) is 12.1 Å². The molecule has 7 heteroatoms. The Hall–Kier alpha value is -1.63. The molecule has 150 valence electrons. The third-order valence-corrected chi connectivity index (χ3v) is 8.36. The second-order valence-corrected chi connectivity index (χ2v) is 11.1. The lowest BCUT2D eigenvalue weighted by molar-refractivity contribution is -0.384. The summed E-state index contributed by atoms with van der Waals surface area (Å²) in [6.45, 7) is 3.04. The number of hydrogen-bond acceptors (Lipinski definition) is 4. The van der Waals surface area contributed by atoms with Crippen molar-refractivity contribution < 1.29 is 9.72 Å². The first-order valence-electron chi connectivity index (χ1n) is 10.3. The first-order valence-corrected chi connectivity index (χ1v) is 11.1. The average molecular weight is 448 g/mol. The SMILES string of the molecule is O=C(N1CCN(c2ccc([N+](=O)[O-])cc2)CC1)C12CC3CC(CC(Br)(C3)C1)C2. The number of carbonyl (C=O) groups excluding carboxylic acids is 1. The highest BCUT2D eigenvalue weighted by Crippen LogP contribution is 2.64. The lowest BCUT2D eigenvalue weighted by Gasteiger charge is -2.60. The Bertz CT molecular complexity index is 790. The largest absolute Gasteiger partial charge is 0.368 e. The fourth-order valence-electron chi connectivity index (χ4n) is 6.69. The maximum atomic E-state index is 13.6. The number of halogens is 1. The van der Waals surface area contributed by atoms with Crippen molar-refractivity contribution in [3.63, 3.8) is 0 Å². The molecule has 0 aromatic heterocycles. The number of piperazine rings is 1. The van der Waals surface area contributed by atoms with Crippen molar-refractivity contribution in [2.24, 2.45) is 17.3 Å². The van der Waals surface area contributed by atoms with Gasteiger partial charge in [0.05, 0.1) is 10.3 Å². The minimum Gasteiger partial charge on any atom is -0.368 e. The Morgan fingerprint density at radius 1 is 1.04 bits per heavy atom. The van der Waals surface area contributed by atoms with Gasteiger partial charge in [-0.05, 0) is 62.5 Å². The molecule has 2 unspecified atom stereocenters. The number of anilines is 1. The minimum atomic E-state index is -0.373. The van der Waals surface area contributed by atoms with E-state index in [0.717, 1.165) is 51.1 Å². The Labute approximate surface area is 173 Å². The average Bonchev–Trinajstić information content (AvgIpc) is 2.66. The van der Waals surface area contributed by atoms with Crippen LogP contribution in [0.3, 0.4) is 0 Å². The van der Waals surface area contributed by atoms with Gasteiger partial charge in [-0.15, -0.1) is 0 Å². The highest BCUT2D eigenvalue weighted by Gasteiger charge is 2.60. The molecule has 2 atom stereocenters. The van der Waals surface area contributed by atoms with Crippen molar-refractivity contribution >= 4 is 33.2 Å². The zero-order chi connectivity index (χ0) is 19.5. The van der Waals surface area contributed by atoms with Crippen LogP contribution in [0.4, 0.5) is 11.4 Å². The van der Waals surface area contributed by atoms with Crippen LogP contribution in [0, 0.1) is 27.4 Å². The number of rotatable bonds is 3. The topological polar surface area (TPSA) is 66.7 Å². The van der Waals surface area contributed by atoms with Gasteiger partial charge in [0, 0.05) is 48.3 Å². The fourth-order valence-corrected chi connectivity index (χ4v) is 8.14. The van der Waals surface area contributed by atoms with Crippen molar-refractivity contribution in [3.8, 4) is 0 Å². The summed E-state index contributed by atoms with van der Waals surface area (Å²) >= 11 is 4.01. The predicted octanol–water partition coefficient (Wildman–Crippen LogP) is 3.98. The van der Waals surface area contributed by atoms with Crippen LogP contribution in [0.2, 0.25) is 0 Å². The van der Waals surface area contributed by atoms with E-state index in [1.165, 1.54) is 19.3 Å². The Morgan fingerprint density at radius 2 is 1.64 bits per heavy atom. The van der Waals surface area contributed by atoms with Crippen molar-refractivity contribution in [2.75, 3.05) is 31.1 Å². The Balaban J connectivity index is 1.26. The summed E-state index contributed by atoms with van der Waals surface area (Å²) in [6, 6.07) is 6.72. The second kappa shape index (κ2) is 6.44. The van der Waals surface area contributed by atoms with E-state index in [-0.39, 0.29) is 20.3 Å². The summed E-state index contributed by atoms with van der Waals surface area (Å²) in [6.07, 6.45) is 6.97. The molecule has 1 saturated heterocycles. The molecular formula is C21H26BrN3O3. The summed E-state index contributed by atoms with van der Waals surface area (Å²) in [5.74, 6) is 1.81. The van der Waals surface area contributed by atoms with Gasteiger partial charge in [-0.1, -0.05) is 15.9 Å². The number of hydrogen-bond donors (Lipinski definition) is 0. The molecule has 5 aliphatic rings. The van der Waals surface area contributed by atoms with Gasteiger partial charge in [0.2, 0.25) is 5.91 Å². The zero-order valence-corrected chi connectivity index (χ0v) is 17.6. The number of benzene rings is 1. The molecule has 6 rings (SSSR count). The number of nitrogens with zero attached hydrogens (tertiary/aromatic N) is 3. The number of nitro benzene ring substituents is 1. The van der Waals surface area contributed by atoms with E-state index >= 15 is 0 Å². The molecule has 4 bridgehead atoms. The highest BCUT2D eigenvalue weighted by molar-refractivity contribution is 9.10. The number of alkyl halides is 1. The van der Waals surface area contributed by atoms with Gasteiger partial charge < -0.3 is 9.80 Å². The minimum absolute atomic E-state index is 0.114. The molecule has 4 aliphatic carbocycles. The van der Waals surface area contributed by atoms with Gasteiger partial charge in [0.1, 0.15) is 0 Å². The van der Waals surface area contributed by atoms with Crippen LogP contribution in [-0.4, -0.2) is 46.2 Å². The summed E-state index contributed by atoms with van der Waals surface area (Å²) in [4.78, 5) is 28.3. The van der Waals surface area contributed by atoms with Crippen molar-refractivity contribution in [1.29, 1.82) is 0 Å². The molecule has 1 heterocycles. The maximum absolute atomic E-state index is 13.6. The quantitative estimate of drug-likeness (QED) is 0.399. The monoisotopic (exact) mass is 447 g/mol. The van der Waals surface area contributed by atoms with Gasteiger partial charge in [-0.25, -0.2) is 0 Å². The standard InChI is InChI=1S/C21H26BrN3O3/c22-21-12-15-9-16(13-21)11-20(10-15,14-21)19(26)24-7-5-23(6-8-24)17-1-3-18(4-2-17)25(27)28/h1-4,15-16H,5-14H2. The molecule has 0 N–H and O–H groups in total. The van der Waals surface area contributed by atoms with E-state index in [2.05, 4.69) is 25.7 Å². The normalized spacial score (nSPS) is 36.6. The van der Waals surface area contributed by atoms with Crippen LogP contribution in [0.1, 0.15) is 38.5 Å². The molecule has 6 nitrogen and oxygen atoms in total. The van der Waals surface area contributed by atoms with Gasteiger partial charge in [-0.3, -0.25) is 14.9 Å². The summed E-state index contributed by atoms with van der Waals surface area (Å²) in [5.41, 5.74) is 0.971. The van der Waals surface area contributed by atoms with Crippen LogP contribution >= 0.6 is 15.9 Å². The number of non-ortho nitro benzene ring substituents is 1. The lowest BCUT2D eigenvalue weighted by atomic mass is 9.49. The zero-order valence-electron chi connectivity index (χ0n) is 16.0. The summed E-state index contributed by atoms with van der Waals surface area (Å²) in [5, 5.41) is 10.8. The molecule has 5 fully saturated rings. The molecule has 28 heavy (non-hydrogen) atoms. The predicted molar refractivity (Wildman–Crippen MR) is 111 cm³/mol. The molecule has 1 aliphatic heterocycles. The van der Waals surface area contributed by atoms with Gasteiger partial charge in [0.25, 0.3) is 5.69 Å². The summed E-state index contributed by atoms with van der Waals surface area (Å²) in [7, 11) is 0. The third kappa shape index (κ3) is 3.02. The van der Waals surface area contributed by atoms with Crippen LogP contribution in [0.25, 0.3) is 0 Å². The van der Waals surface area contributed by atoms with Gasteiger partial charge in [0.15, 0.2) is 0 Å². The Kier molecular flexibility index (Phi) is 4.23. The van der Waals surface area contributed by atoms with Crippen LogP contribution in [-0.2, 0) is 4.79 Å². The molecule has 4 saturated carbocycles. The van der Waals surface area contributed by atoms with E-state index in [4.69, 9.17) is 0 Å². The highest BCUT2D eigenvalue weighted by atomic mass is 79.9. The fraction of sp³-hybridized carbons (Fsp3) is 0.667. The molecule has 1 amide bonds. The first-order chi connectivity index (χ1) is 13.4. The van der Waals surface area contributed by atoms with Crippen molar-refractivity contribution in [3.05, 3.63) is 34.4 Å². The lowest BCUT2D eigenvalue weighted by Crippen LogP contribution is -2.61. The number of amides is 1. The van der Waals surface area contributed by atoms with Crippen LogP contribution in [0.5, 0.6) is 0 Å². The smallest absolute Gasteiger partial charge is 0.269 e. The second-order valence-electron chi connectivity index (χ2n) is 9.45. The van der Waals surface area contributed by atoms with Crippen LogP contribution < -0.4 is 4.90 Å². The molecule has 0 spiro atoms. The van der Waals surface area contributed by atoms with Gasteiger partial charge in [-0.2, -0.15) is 0 Å². The molecule has 0 radical (unpaired) electrons. The number of carbonyl (C=O) groups is 1. The number of nitro groups is 1. The van der Waals surface area contributed by atoms with Crippen molar-refractivity contribution in [2.45, 2.75) is 42.8 Å². The van der Waals surface area contributed by atoms with E-state index in [1.54, 1.807) is 12.1 Å². The maximum Gasteiger partial charge on any atom is 0.269 e. The van der Waals surface area contributed by atoms with Crippen LogP contribution in [0.15, 0.2) is 24.3 Å². The first kappa shape index (κ1) is 18.4. The van der Waals surface area contributed by atoms with E-state index < -0.39 is 0 Å². The third-order valence-electron chi connectivity index (χ3n) is 7.44.